The van der Waals surface area contributed by atoms with Gasteiger partial charge in [-0.25, -0.2) is 4.98 Å². The van der Waals surface area contributed by atoms with Crippen LogP contribution in [0.3, 0.4) is 0 Å². The molecule has 0 amide bonds. The van der Waals surface area contributed by atoms with E-state index in [1.54, 1.807) is 6.20 Å². The third-order valence-corrected chi connectivity index (χ3v) is 4.28. The first kappa shape index (κ1) is 13.0. The maximum atomic E-state index is 5.57. The maximum absolute atomic E-state index is 5.57. The molecule has 21 heavy (non-hydrogen) atoms. The van der Waals surface area contributed by atoms with Crippen LogP contribution >= 0.6 is 0 Å². The molecule has 1 saturated carbocycles. The van der Waals surface area contributed by atoms with E-state index in [0.717, 1.165) is 55.8 Å². The van der Waals surface area contributed by atoms with Crippen LogP contribution in [0.25, 0.3) is 0 Å². The van der Waals surface area contributed by atoms with Gasteiger partial charge in [-0.3, -0.25) is 4.90 Å². The summed E-state index contributed by atoms with van der Waals surface area (Å²) in [5, 5.41) is 4.19. The first-order chi connectivity index (χ1) is 10.3. The molecule has 2 aromatic rings. The fourth-order valence-electron chi connectivity index (χ4n) is 2.98. The van der Waals surface area contributed by atoms with Crippen LogP contribution in [0.1, 0.15) is 60.9 Å². The number of aromatic nitrogens is 3. The van der Waals surface area contributed by atoms with Gasteiger partial charge in [-0.2, -0.15) is 4.98 Å². The summed E-state index contributed by atoms with van der Waals surface area (Å²) in [6, 6.07) is 0. The molecule has 4 rings (SSSR count). The summed E-state index contributed by atoms with van der Waals surface area (Å²) < 4.78 is 11.0. The molecule has 2 aromatic heterocycles. The van der Waals surface area contributed by atoms with Crippen LogP contribution < -0.4 is 0 Å². The normalized spacial score (nSPS) is 23.6. The molecule has 6 heteroatoms. The van der Waals surface area contributed by atoms with Crippen LogP contribution in [0.4, 0.5) is 0 Å². The fraction of sp³-hybridized carbons (Fsp3) is 0.667. The van der Waals surface area contributed by atoms with Crippen molar-refractivity contribution < 1.29 is 8.94 Å². The first-order valence-corrected chi connectivity index (χ1v) is 7.75. The second-order valence-corrected chi connectivity index (χ2v) is 6.20. The number of hydrogen-bond acceptors (Lipinski definition) is 6. The van der Waals surface area contributed by atoms with E-state index >= 15 is 0 Å². The van der Waals surface area contributed by atoms with E-state index in [1.807, 2.05) is 6.92 Å². The summed E-state index contributed by atoms with van der Waals surface area (Å²) in [6.45, 7) is 4.71. The molecule has 0 spiro atoms. The van der Waals surface area contributed by atoms with E-state index in [1.165, 1.54) is 12.8 Å². The molecule has 2 fully saturated rings. The van der Waals surface area contributed by atoms with Crippen molar-refractivity contribution in [2.24, 2.45) is 0 Å². The van der Waals surface area contributed by atoms with E-state index in [2.05, 4.69) is 20.0 Å². The molecule has 2 aliphatic rings. The van der Waals surface area contributed by atoms with Crippen molar-refractivity contribution in [2.45, 2.75) is 51.0 Å². The molecule has 0 radical (unpaired) electrons. The van der Waals surface area contributed by atoms with Gasteiger partial charge in [0.15, 0.2) is 5.82 Å². The van der Waals surface area contributed by atoms with Crippen molar-refractivity contribution in [3.05, 3.63) is 29.6 Å². The fourth-order valence-corrected chi connectivity index (χ4v) is 2.98. The lowest BCUT2D eigenvalue weighted by Gasteiger charge is -2.30. The Kier molecular flexibility index (Phi) is 3.25. The zero-order valence-corrected chi connectivity index (χ0v) is 12.3. The van der Waals surface area contributed by atoms with Gasteiger partial charge in [-0.05, 0) is 39.2 Å². The van der Waals surface area contributed by atoms with E-state index in [9.17, 15) is 0 Å². The van der Waals surface area contributed by atoms with Crippen molar-refractivity contribution in [1.82, 2.24) is 20.0 Å². The molecule has 6 nitrogen and oxygen atoms in total. The number of aryl methyl sites for hydroxylation is 1. The van der Waals surface area contributed by atoms with Gasteiger partial charge >= 0.3 is 0 Å². The largest absolute Gasteiger partial charge is 0.445 e. The summed E-state index contributed by atoms with van der Waals surface area (Å²) in [7, 11) is 0. The Morgan fingerprint density at radius 3 is 2.95 bits per heavy atom. The molecular weight excluding hydrogens is 268 g/mol. The molecule has 1 aliphatic carbocycles. The first-order valence-electron chi connectivity index (χ1n) is 7.75. The highest BCUT2D eigenvalue weighted by Crippen LogP contribution is 2.39. The van der Waals surface area contributed by atoms with Gasteiger partial charge < -0.3 is 8.94 Å². The van der Waals surface area contributed by atoms with Crippen molar-refractivity contribution in [3.63, 3.8) is 0 Å². The summed E-state index contributed by atoms with van der Waals surface area (Å²) >= 11 is 0. The van der Waals surface area contributed by atoms with Gasteiger partial charge in [0.1, 0.15) is 5.76 Å². The quantitative estimate of drug-likeness (QED) is 0.861. The third kappa shape index (κ3) is 2.85. The number of oxazole rings is 1. The smallest absolute Gasteiger partial charge is 0.229 e. The van der Waals surface area contributed by atoms with E-state index in [0.29, 0.717) is 11.8 Å². The highest BCUT2D eigenvalue weighted by Gasteiger charge is 2.32. The van der Waals surface area contributed by atoms with Gasteiger partial charge in [0.2, 0.25) is 11.8 Å². The summed E-state index contributed by atoms with van der Waals surface area (Å²) in [5.74, 6) is 4.27. The predicted molar refractivity (Wildman–Crippen MR) is 74.8 cm³/mol. The van der Waals surface area contributed by atoms with Crippen molar-refractivity contribution in [1.29, 1.82) is 0 Å². The molecule has 0 bridgehead atoms. The lowest BCUT2D eigenvalue weighted by molar-refractivity contribution is 0.178. The summed E-state index contributed by atoms with van der Waals surface area (Å²) in [5.41, 5.74) is 0. The molecule has 1 aliphatic heterocycles. The maximum Gasteiger partial charge on any atom is 0.229 e. The van der Waals surface area contributed by atoms with Crippen LogP contribution in [0.2, 0.25) is 0 Å². The molecular formula is C15H20N4O2. The van der Waals surface area contributed by atoms with Gasteiger partial charge in [0.05, 0.1) is 12.7 Å². The minimum atomic E-state index is 0.367. The lowest BCUT2D eigenvalue weighted by atomic mass is 9.97. The Hall–Kier alpha value is -1.69. The molecule has 0 N–H and O–H groups in total. The Morgan fingerprint density at radius 1 is 1.29 bits per heavy atom. The average molecular weight is 288 g/mol. The van der Waals surface area contributed by atoms with E-state index in [4.69, 9.17) is 8.94 Å². The second-order valence-electron chi connectivity index (χ2n) is 6.20. The molecule has 1 saturated heterocycles. The topological polar surface area (TPSA) is 68.2 Å². The Morgan fingerprint density at radius 2 is 2.19 bits per heavy atom. The molecule has 3 heterocycles. The van der Waals surface area contributed by atoms with Gasteiger partial charge in [-0.15, -0.1) is 0 Å². The Bertz CT molecular complexity index is 617. The van der Waals surface area contributed by atoms with Crippen molar-refractivity contribution >= 4 is 0 Å². The van der Waals surface area contributed by atoms with E-state index < -0.39 is 0 Å². The molecule has 0 unspecified atom stereocenters. The number of likely N-dealkylation sites (tertiary alicyclic amines) is 1. The molecule has 0 aromatic carbocycles. The standard InChI is InChI=1S/C15H20N4O2/c1-10-7-16-13(20-10)9-19-6-2-3-12(8-19)14-17-15(21-18-14)11-4-5-11/h7,11-12H,2-6,8-9H2,1H3/t12-/m0/s1. The van der Waals surface area contributed by atoms with Gasteiger partial charge in [-0.1, -0.05) is 5.16 Å². The number of rotatable bonds is 4. The Balaban J connectivity index is 1.41. The van der Waals surface area contributed by atoms with Crippen LogP contribution in [0, 0.1) is 6.92 Å². The van der Waals surface area contributed by atoms with Crippen LogP contribution in [-0.2, 0) is 6.54 Å². The Labute approximate surface area is 123 Å². The number of piperidine rings is 1. The number of hydrogen-bond donors (Lipinski definition) is 0. The van der Waals surface area contributed by atoms with Crippen molar-refractivity contribution in [2.75, 3.05) is 13.1 Å². The monoisotopic (exact) mass is 288 g/mol. The van der Waals surface area contributed by atoms with Gasteiger partial charge in [0.25, 0.3) is 0 Å². The zero-order valence-electron chi connectivity index (χ0n) is 12.3. The summed E-state index contributed by atoms with van der Waals surface area (Å²) in [4.78, 5) is 11.3. The zero-order chi connectivity index (χ0) is 14.2. The SMILES string of the molecule is Cc1cnc(CN2CCC[C@H](c3noc(C4CC4)n3)C2)o1. The minimum absolute atomic E-state index is 0.367. The highest BCUT2D eigenvalue weighted by molar-refractivity contribution is 5.05. The van der Waals surface area contributed by atoms with Crippen LogP contribution in [-0.4, -0.2) is 33.1 Å². The average Bonchev–Trinajstić information content (AvgIpc) is 3.07. The summed E-state index contributed by atoms with van der Waals surface area (Å²) in [6.07, 6.45) is 6.45. The minimum Gasteiger partial charge on any atom is -0.445 e. The highest BCUT2D eigenvalue weighted by atomic mass is 16.5. The van der Waals surface area contributed by atoms with E-state index in [-0.39, 0.29) is 0 Å². The van der Waals surface area contributed by atoms with Crippen molar-refractivity contribution in [3.8, 4) is 0 Å². The molecule has 1 atom stereocenters. The van der Waals surface area contributed by atoms with Gasteiger partial charge in [0, 0.05) is 18.4 Å². The third-order valence-electron chi connectivity index (χ3n) is 4.28. The predicted octanol–water partition coefficient (Wildman–Crippen LogP) is 2.62. The number of nitrogens with zero attached hydrogens (tertiary/aromatic N) is 4. The van der Waals surface area contributed by atoms with Crippen LogP contribution in [0.15, 0.2) is 15.1 Å². The second kappa shape index (κ2) is 5.26. The molecule has 112 valence electrons. The van der Waals surface area contributed by atoms with Crippen LogP contribution in [0.5, 0.6) is 0 Å². The lowest BCUT2D eigenvalue weighted by Crippen LogP contribution is -2.34.